The molecule has 1 aliphatic rings. The summed E-state index contributed by atoms with van der Waals surface area (Å²) in [5.74, 6) is 2.09. The van der Waals surface area contributed by atoms with E-state index < -0.39 is 10.2 Å². The summed E-state index contributed by atoms with van der Waals surface area (Å²) in [5, 5.41) is 10.3. The lowest BCUT2D eigenvalue weighted by Crippen LogP contribution is -2.68. The predicted molar refractivity (Wildman–Crippen MR) is 123 cm³/mol. The van der Waals surface area contributed by atoms with Gasteiger partial charge < -0.3 is 5.11 Å². The van der Waals surface area contributed by atoms with Crippen molar-refractivity contribution in [2.45, 2.75) is 19.3 Å². The molecule has 0 amide bonds. The fourth-order valence-corrected chi connectivity index (χ4v) is 4.17. The van der Waals surface area contributed by atoms with Gasteiger partial charge in [-0.3, -0.25) is 0 Å². The van der Waals surface area contributed by atoms with E-state index in [-0.39, 0.29) is 0 Å². The van der Waals surface area contributed by atoms with E-state index in [2.05, 4.69) is 48.5 Å². The molecule has 0 unspecified atom stereocenters. The summed E-state index contributed by atoms with van der Waals surface area (Å²) in [7, 11) is -4.94. The first kappa shape index (κ1) is 24.6. The molecule has 35 heavy (non-hydrogen) atoms. The number of benzene rings is 3. The van der Waals surface area contributed by atoms with Crippen molar-refractivity contribution < 1.29 is 38.4 Å². The molecular weight excluding hydrogens is 468 g/mol. The molecule has 5 rings (SSSR count). The van der Waals surface area contributed by atoms with Crippen molar-refractivity contribution in [3.63, 3.8) is 0 Å². The summed E-state index contributed by atoms with van der Waals surface area (Å²) in [6, 6.07) is 30.4. The molecule has 0 fully saturated rings. The van der Waals surface area contributed by atoms with E-state index in [0.717, 1.165) is 47.5 Å². The maximum atomic E-state index is 10.3. The van der Waals surface area contributed by atoms with Crippen molar-refractivity contribution in [1.29, 1.82) is 0 Å². The minimum absolute atomic E-state index is 0.291. The van der Waals surface area contributed by atoms with Crippen LogP contribution in [0.3, 0.4) is 0 Å². The molecule has 0 saturated carbocycles. The second kappa shape index (κ2) is 10.8. The average Bonchev–Trinajstić information content (AvgIpc) is 2.85. The fraction of sp³-hybridized carbons (Fsp3) is 0.107. The molecule has 0 atom stereocenters. The monoisotopic (exact) mass is 490 g/mol. The van der Waals surface area contributed by atoms with Gasteiger partial charge in [-0.05, 0) is 49.1 Å². The number of allylic oxidation sites excluding steroid dienone is 1. The first-order chi connectivity index (χ1) is 16.8. The zero-order valence-corrected chi connectivity index (χ0v) is 19.5. The SMILES string of the molecule is Oc1ccccc1/C=C1/CCCc2c(-c3ccccc3)cc(-c3ccccc3)[o+]c21.[O-][Cl+3]([O-])([O-])[O-]. The summed E-state index contributed by atoms with van der Waals surface area (Å²) < 4.78 is 40.5. The number of hydrogen-bond donors (Lipinski definition) is 1. The highest BCUT2D eigenvalue weighted by molar-refractivity contribution is 5.86. The van der Waals surface area contributed by atoms with E-state index in [9.17, 15) is 5.11 Å². The Labute approximate surface area is 205 Å². The third kappa shape index (κ3) is 6.54. The van der Waals surface area contributed by atoms with Gasteiger partial charge in [0.1, 0.15) is 5.75 Å². The number of para-hydroxylation sites is 1. The number of phenolic OH excluding ortho intramolecular Hbond substituents is 1. The van der Waals surface area contributed by atoms with E-state index in [1.54, 1.807) is 6.07 Å². The highest BCUT2D eigenvalue weighted by Crippen LogP contribution is 2.41. The zero-order chi connectivity index (χ0) is 24.8. The highest BCUT2D eigenvalue weighted by Gasteiger charge is 2.31. The molecule has 1 aromatic heterocycles. The molecule has 7 heteroatoms. The largest absolute Gasteiger partial charge is 0.507 e. The molecular formula is C28H23ClO6. The quantitative estimate of drug-likeness (QED) is 0.440. The van der Waals surface area contributed by atoms with Gasteiger partial charge in [-0.25, -0.2) is 23.1 Å². The molecule has 0 radical (unpaired) electrons. The first-order valence-electron chi connectivity index (χ1n) is 11.0. The lowest BCUT2D eigenvalue weighted by Gasteiger charge is -2.17. The summed E-state index contributed by atoms with van der Waals surface area (Å²) in [5.41, 5.74) is 6.68. The minimum atomic E-state index is -4.94. The van der Waals surface area contributed by atoms with E-state index in [4.69, 9.17) is 23.1 Å². The summed E-state index contributed by atoms with van der Waals surface area (Å²) >= 11 is 0. The molecule has 0 saturated heterocycles. The lowest BCUT2D eigenvalue weighted by atomic mass is 9.86. The Balaban J connectivity index is 0.000000527. The van der Waals surface area contributed by atoms with Crippen LogP contribution in [0.5, 0.6) is 5.75 Å². The number of aromatic hydroxyl groups is 1. The van der Waals surface area contributed by atoms with Crippen molar-refractivity contribution in [2.24, 2.45) is 0 Å². The van der Waals surface area contributed by atoms with Crippen LogP contribution in [0.2, 0.25) is 0 Å². The molecule has 3 aromatic carbocycles. The Bertz CT molecular complexity index is 1310. The number of halogens is 1. The lowest BCUT2D eigenvalue weighted by molar-refractivity contribution is -2.00. The Hall–Kier alpha value is -3.52. The van der Waals surface area contributed by atoms with Gasteiger partial charge in [-0.2, -0.15) is 0 Å². The van der Waals surface area contributed by atoms with E-state index in [0.29, 0.717) is 5.75 Å². The van der Waals surface area contributed by atoms with Crippen molar-refractivity contribution in [3.05, 3.63) is 108 Å². The number of hydrogen-bond acceptors (Lipinski definition) is 5. The predicted octanol–water partition coefficient (Wildman–Crippen LogP) is 2.72. The molecule has 1 heterocycles. The normalized spacial score (nSPS) is 14.1. The molecule has 0 spiro atoms. The Morgan fingerprint density at radius 2 is 1.31 bits per heavy atom. The van der Waals surface area contributed by atoms with Gasteiger partial charge in [0.2, 0.25) is 0 Å². The van der Waals surface area contributed by atoms with Crippen LogP contribution in [0, 0.1) is 10.2 Å². The third-order valence-corrected chi connectivity index (χ3v) is 5.66. The van der Waals surface area contributed by atoms with Gasteiger partial charge in [-0.1, -0.05) is 66.7 Å². The summed E-state index contributed by atoms with van der Waals surface area (Å²) in [6.07, 6.45) is 5.04. The standard InChI is InChI=1S/C28H22O2.ClHO4/c29-26-17-8-7-14-22(26)18-23-15-9-16-24-25(20-10-3-1-4-11-20)19-27(30-28(23)24)21-12-5-2-6-13-21;2-1(3,4)5/h1-8,10-14,17-19H,9,15-16H2;(H,2,3,4,5)/b23-18-;. The molecule has 1 N–H and O–H groups in total. The third-order valence-electron chi connectivity index (χ3n) is 5.66. The van der Waals surface area contributed by atoms with E-state index in [1.165, 1.54) is 16.7 Å². The van der Waals surface area contributed by atoms with Gasteiger partial charge >= 0.3 is 11.5 Å². The van der Waals surface area contributed by atoms with Crippen LogP contribution in [0.25, 0.3) is 34.1 Å². The molecule has 0 aliphatic heterocycles. The average molecular weight is 491 g/mol. The molecule has 4 aromatic rings. The van der Waals surface area contributed by atoms with Crippen LogP contribution < -0.4 is 18.6 Å². The van der Waals surface area contributed by atoms with Crippen LogP contribution in [0.4, 0.5) is 0 Å². The molecule has 1 aliphatic carbocycles. The molecule has 178 valence electrons. The van der Waals surface area contributed by atoms with Crippen LogP contribution in [0.1, 0.15) is 29.7 Å². The van der Waals surface area contributed by atoms with Gasteiger partial charge in [0, 0.05) is 11.1 Å². The van der Waals surface area contributed by atoms with Gasteiger partial charge in [-0.15, -0.1) is 10.2 Å². The molecule has 0 bridgehead atoms. The van der Waals surface area contributed by atoms with Crippen molar-refractivity contribution in [2.75, 3.05) is 0 Å². The maximum Gasteiger partial charge on any atom is 0.361 e. The van der Waals surface area contributed by atoms with Crippen LogP contribution >= 0.6 is 0 Å². The van der Waals surface area contributed by atoms with Gasteiger partial charge in [0.05, 0.1) is 22.8 Å². The highest BCUT2D eigenvalue weighted by atomic mass is 35.7. The van der Waals surface area contributed by atoms with Crippen molar-refractivity contribution in [1.82, 2.24) is 0 Å². The number of rotatable bonds is 3. The van der Waals surface area contributed by atoms with Crippen LogP contribution in [0.15, 0.2) is 95.4 Å². The topological polar surface area (TPSA) is 124 Å². The summed E-state index contributed by atoms with van der Waals surface area (Å²) in [4.78, 5) is 0. The second-order valence-corrected chi connectivity index (χ2v) is 8.78. The number of phenols is 1. The maximum absolute atomic E-state index is 10.3. The van der Waals surface area contributed by atoms with E-state index in [1.807, 2.05) is 42.5 Å². The van der Waals surface area contributed by atoms with Gasteiger partial charge in [0.15, 0.2) is 0 Å². The van der Waals surface area contributed by atoms with E-state index >= 15 is 0 Å². The van der Waals surface area contributed by atoms with Crippen molar-refractivity contribution >= 4 is 11.6 Å². The Kier molecular flexibility index (Phi) is 7.60. The Morgan fingerprint density at radius 3 is 1.94 bits per heavy atom. The smallest absolute Gasteiger partial charge is 0.361 e. The fourth-order valence-electron chi connectivity index (χ4n) is 4.17. The minimum Gasteiger partial charge on any atom is -0.507 e. The van der Waals surface area contributed by atoms with Crippen LogP contribution in [-0.2, 0) is 6.42 Å². The zero-order valence-electron chi connectivity index (χ0n) is 18.7. The Morgan fingerprint density at radius 1 is 0.743 bits per heavy atom. The first-order valence-corrected chi connectivity index (χ1v) is 12.2. The summed E-state index contributed by atoms with van der Waals surface area (Å²) in [6.45, 7) is 0. The van der Waals surface area contributed by atoms with Gasteiger partial charge in [0.25, 0.3) is 0 Å². The molecule has 6 nitrogen and oxygen atoms in total. The second-order valence-electron chi connectivity index (χ2n) is 8.02. The number of fused-ring (bicyclic) bond motifs is 1. The van der Waals surface area contributed by atoms with Crippen molar-refractivity contribution in [3.8, 4) is 28.2 Å². The van der Waals surface area contributed by atoms with Crippen LogP contribution in [-0.4, -0.2) is 5.11 Å².